The van der Waals surface area contributed by atoms with E-state index < -0.39 is 41.9 Å². The molecule has 220 valence electrons. The smallest absolute Gasteiger partial charge is 0.392 e. The van der Waals surface area contributed by atoms with Gasteiger partial charge in [0, 0.05) is 11.1 Å². The topological polar surface area (TPSA) is 56.2 Å². The second-order valence-electron chi connectivity index (χ2n) is 11.2. The number of nitrogens with zero attached hydrogens (tertiary/aromatic N) is 2. The lowest BCUT2D eigenvalue weighted by molar-refractivity contribution is -0.196. The summed E-state index contributed by atoms with van der Waals surface area (Å²) in [5.41, 5.74) is 3.94. The van der Waals surface area contributed by atoms with Crippen molar-refractivity contribution in [3.8, 4) is 11.4 Å². The Bertz CT molecular complexity index is 1560. The number of alkyl halides is 5. The summed E-state index contributed by atoms with van der Waals surface area (Å²) in [5, 5.41) is 7.10. The van der Waals surface area contributed by atoms with Gasteiger partial charge in [-0.1, -0.05) is 24.1 Å². The minimum Gasteiger partial charge on any atom is -0.435 e. The van der Waals surface area contributed by atoms with Crippen LogP contribution < -0.4 is 10.1 Å². The van der Waals surface area contributed by atoms with Crippen molar-refractivity contribution < 1.29 is 35.9 Å². The average molecular weight is 588 g/mol. The first-order valence-corrected chi connectivity index (χ1v) is 13.6. The van der Waals surface area contributed by atoms with Gasteiger partial charge in [0.1, 0.15) is 11.6 Å². The Balaban J connectivity index is 1.30. The fraction of sp³-hybridized carbons (Fsp3) is 0.355. The summed E-state index contributed by atoms with van der Waals surface area (Å²) in [6.45, 7) is -1.01. The molecular formula is C31H27F6N3O2. The zero-order valence-electron chi connectivity index (χ0n) is 22.5. The van der Waals surface area contributed by atoms with Crippen LogP contribution in [-0.4, -0.2) is 28.5 Å². The molecule has 11 heteroatoms. The average Bonchev–Trinajstić information content (AvgIpc) is 3.33. The molecule has 0 saturated heterocycles. The van der Waals surface area contributed by atoms with E-state index in [1.807, 2.05) is 13.0 Å². The number of halogens is 6. The number of ether oxygens (including phenoxy) is 1. The molecule has 4 atom stereocenters. The maximum Gasteiger partial charge on any atom is 0.392 e. The fourth-order valence-corrected chi connectivity index (χ4v) is 6.88. The molecule has 1 unspecified atom stereocenters. The molecule has 1 saturated carbocycles. The van der Waals surface area contributed by atoms with Gasteiger partial charge >= 0.3 is 12.8 Å². The summed E-state index contributed by atoms with van der Waals surface area (Å²) in [6.07, 6.45) is 1.89. The number of hydrogen-bond donors (Lipinski definition) is 1. The number of carbonyl (C=O) groups excluding carboxylic acids is 1. The highest BCUT2D eigenvalue weighted by Gasteiger charge is 2.56. The van der Waals surface area contributed by atoms with E-state index in [0.29, 0.717) is 24.9 Å². The summed E-state index contributed by atoms with van der Waals surface area (Å²) < 4.78 is 87.4. The van der Waals surface area contributed by atoms with E-state index in [2.05, 4.69) is 15.2 Å². The van der Waals surface area contributed by atoms with Gasteiger partial charge in [0.25, 0.3) is 0 Å². The molecular weight excluding hydrogens is 560 g/mol. The van der Waals surface area contributed by atoms with Crippen molar-refractivity contribution in [2.45, 2.75) is 45.4 Å². The molecule has 42 heavy (non-hydrogen) atoms. The van der Waals surface area contributed by atoms with Crippen LogP contribution in [0.15, 0.2) is 72.0 Å². The number of fused-ring (bicyclic) bond motifs is 4. The van der Waals surface area contributed by atoms with E-state index in [1.54, 1.807) is 29.1 Å². The highest BCUT2D eigenvalue weighted by atomic mass is 19.4. The van der Waals surface area contributed by atoms with Gasteiger partial charge in [-0.05, 0) is 91.8 Å². The van der Waals surface area contributed by atoms with Crippen molar-refractivity contribution in [2.24, 2.45) is 23.2 Å². The van der Waals surface area contributed by atoms with Gasteiger partial charge in [-0.25, -0.2) is 9.07 Å². The van der Waals surface area contributed by atoms with E-state index in [1.165, 1.54) is 36.4 Å². The first-order chi connectivity index (χ1) is 19.9. The zero-order valence-corrected chi connectivity index (χ0v) is 22.5. The van der Waals surface area contributed by atoms with Crippen LogP contribution in [0.1, 0.15) is 37.4 Å². The molecule has 0 spiro atoms. The molecule has 3 aliphatic rings. The SMILES string of the molecule is C[C@]12Cc3cnn(-c4ccc(F)cc4)c3C=C1CCC1C2=CC[C@@H](C(F)(F)F)[C@@H]1C(=O)Nc1ccc(OC(F)F)cc1. The van der Waals surface area contributed by atoms with E-state index in [4.69, 9.17) is 0 Å². The largest absolute Gasteiger partial charge is 0.435 e. The summed E-state index contributed by atoms with van der Waals surface area (Å²) >= 11 is 0. The lowest BCUT2D eigenvalue weighted by Crippen LogP contribution is -2.49. The van der Waals surface area contributed by atoms with E-state index >= 15 is 0 Å². The number of anilines is 1. The van der Waals surface area contributed by atoms with E-state index in [0.717, 1.165) is 22.4 Å². The first-order valence-electron chi connectivity index (χ1n) is 13.6. The molecule has 5 nitrogen and oxygen atoms in total. The number of nitrogens with one attached hydrogen (secondary N) is 1. The van der Waals surface area contributed by atoms with Crippen molar-refractivity contribution in [3.63, 3.8) is 0 Å². The molecule has 1 fully saturated rings. The number of rotatable bonds is 5. The minimum atomic E-state index is -4.59. The second-order valence-corrected chi connectivity index (χ2v) is 11.2. The number of hydrogen-bond acceptors (Lipinski definition) is 3. The Kier molecular flexibility index (Phi) is 6.93. The van der Waals surface area contributed by atoms with Crippen LogP contribution in [0.5, 0.6) is 5.75 Å². The maximum atomic E-state index is 14.3. The summed E-state index contributed by atoms with van der Waals surface area (Å²) in [7, 11) is 0. The van der Waals surface area contributed by atoms with Crippen LogP contribution in [0.25, 0.3) is 11.8 Å². The minimum absolute atomic E-state index is 0.127. The highest BCUT2D eigenvalue weighted by molar-refractivity contribution is 5.93. The van der Waals surface area contributed by atoms with E-state index in [-0.39, 0.29) is 23.7 Å². The van der Waals surface area contributed by atoms with Gasteiger partial charge in [-0.3, -0.25) is 4.79 Å². The van der Waals surface area contributed by atoms with Crippen molar-refractivity contribution in [1.29, 1.82) is 0 Å². The lowest BCUT2D eigenvalue weighted by atomic mass is 9.54. The number of benzene rings is 2. The van der Waals surface area contributed by atoms with Crippen LogP contribution in [0.4, 0.5) is 32.0 Å². The highest BCUT2D eigenvalue weighted by Crippen LogP contribution is 2.59. The molecule has 0 bridgehead atoms. The monoisotopic (exact) mass is 587 g/mol. The van der Waals surface area contributed by atoms with Crippen LogP contribution >= 0.6 is 0 Å². The number of aromatic nitrogens is 2. The summed E-state index contributed by atoms with van der Waals surface area (Å²) in [4.78, 5) is 13.5. The molecule has 3 aromatic rings. The predicted molar refractivity (Wildman–Crippen MR) is 143 cm³/mol. The molecule has 1 amide bonds. The lowest BCUT2D eigenvalue weighted by Gasteiger charge is -2.50. The van der Waals surface area contributed by atoms with Gasteiger partial charge in [0.2, 0.25) is 5.91 Å². The Morgan fingerprint density at radius 2 is 1.83 bits per heavy atom. The van der Waals surface area contributed by atoms with Crippen molar-refractivity contribution >= 4 is 17.7 Å². The molecule has 0 radical (unpaired) electrons. The standard InChI is InChI=1S/C31H27F6N3O2/c1-30-15-17-16-38-40(21-7-3-19(32)4-8-21)26(17)14-18(30)2-11-23-24(30)12-13-25(31(35,36)37)27(23)28(41)39-20-5-9-22(10-6-20)42-29(33)34/h3-10,12,14,16,23,25,27,29H,2,11,13,15H2,1H3,(H,39,41)/t23?,25-,27-,30+/m1/s1. The van der Waals surface area contributed by atoms with E-state index in [9.17, 15) is 31.1 Å². The Hall–Kier alpha value is -4.02. The molecule has 3 aliphatic carbocycles. The normalized spacial score (nSPS) is 25.1. The maximum absolute atomic E-state index is 14.3. The quantitative estimate of drug-likeness (QED) is 0.246. The van der Waals surface area contributed by atoms with Crippen molar-refractivity contribution in [2.75, 3.05) is 5.32 Å². The number of carbonyl (C=O) groups is 1. The van der Waals surface area contributed by atoms with Crippen molar-refractivity contribution in [3.05, 3.63) is 89.0 Å². The summed E-state index contributed by atoms with van der Waals surface area (Å²) in [5.74, 6) is -5.10. The van der Waals surface area contributed by atoms with Gasteiger partial charge in [-0.2, -0.15) is 27.1 Å². The first kappa shape index (κ1) is 28.1. The van der Waals surface area contributed by atoms with Gasteiger partial charge in [-0.15, -0.1) is 0 Å². The van der Waals surface area contributed by atoms with Crippen LogP contribution in [0.2, 0.25) is 0 Å². The fourth-order valence-electron chi connectivity index (χ4n) is 6.88. The Labute approximate surface area is 237 Å². The third kappa shape index (κ3) is 4.98. The van der Waals surface area contributed by atoms with Gasteiger partial charge in [0.05, 0.1) is 29.4 Å². The molecule has 1 aromatic heterocycles. The Morgan fingerprint density at radius 3 is 2.50 bits per heavy atom. The van der Waals surface area contributed by atoms with Crippen molar-refractivity contribution in [1.82, 2.24) is 9.78 Å². The van der Waals surface area contributed by atoms with Crippen LogP contribution in [0.3, 0.4) is 0 Å². The van der Waals surface area contributed by atoms with Gasteiger partial charge < -0.3 is 10.1 Å². The summed E-state index contributed by atoms with van der Waals surface area (Å²) in [6, 6.07) is 11.1. The molecule has 2 aromatic carbocycles. The molecule has 0 aliphatic heterocycles. The van der Waals surface area contributed by atoms with Gasteiger partial charge in [0.15, 0.2) is 0 Å². The predicted octanol–water partition coefficient (Wildman–Crippen LogP) is 7.73. The van der Waals surface area contributed by atoms with Crippen LogP contribution in [-0.2, 0) is 11.2 Å². The molecule has 1 N–H and O–H groups in total. The Morgan fingerprint density at radius 1 is 1.12 bits per heavy atom. The zero-order chi connectivity index (χ0) is 29.8. The second kappa shape index (κ2) is 10.4. The molecule has 1 heterocycles. The number of amides is 1. The number of allylic oxidation sites excluding steroid dienone is 3. The third-order valence-electron chi connectivity index (χ3n) is 8.81. The van der Waals surface area contributed by atoms with Crippen LogP contribution in [0, 0.1) is 29.0 Å². The third-order valence-corrected chi connectivity index (χ3v) is 8.81. The molecule has 6 rings (SSSR count).